The highest BCUT2D eigenvalue weighted by Gasteiger charge is 2.15. The quantitative estimate of drug-likeness (QED) is 0.305. The van der Waals surface area contributed by atoms with E-state index < -0.39 is 5.82 Å². The molecule has 1 aromatic heterocycles. The number of aromatic nitrogens is 2. The van der Waals surface area contributed by atoms with Crippen LogP contribution in [0.2, 0.25) is 0 Å². The standard InChI is InChI=1S/C24H26FN5O3.2H2/c1-4-22(31)27-17-7-6-8-18(15-17)28-23-21(25)16-26-24(29-23)30(5-2)19-9-11-20(12-10-19)33-14-13-32-3;;/h4,6-12,15-16H,1,5,13-14H2,2-3H3,(H,27,31)(H,26,28,29);2*1H. The molecular formula is C24H30FN5O3. The Kier molecular flexibility index (Phi) is 8.31. The fraction of sp³-hybridized carbons (Fsp3) is 0.208. The Bertz CT molecular complexity index is 1100. The molecule has 3 rings (SSSR count). The normalized spacial score (nSPS) is 10.4. The number of anilines is 5. The number of rotatable bonds is 11. The van der Waals surface area contributed by atoms with Gasteiger partial charge in [0, 0.05) is 33.6 Å². The van der Waals surface area contributed by atoms with Crippen molar-refractivity contribution in [1.29, 1.82) is 0 Å². The lowest BCUT2D eigenvalue weighted by atomic mass is 10.2. The topological polar surface area (TPSA) is 88.6 Å². The Labute approximate surface area is 195 Å². The largest absolute Gasteiger partial charge is 0.491 e. The molecule has 8 nitrogen and oxygen atoms in total. The molecule has 0 fully saturated rings. The van der Waals surface area contributed by atoms with Crippen molar-refractivity contribution in [2.24, 2.45) is 0 Å². The van der Waals surface area contributed by atoms with Gasteiger partial charge in [0.1, 0.15) is 12.4 Å². The molecule has 0 bridgehead atoms. The molecule has 0 aliphatic rings. The van der Waals surface area contributed by atoms with Crippen LogP contribution in [0.4, 0.5) is 33.2 Å². The summed E-state index contributed by atoms with van der Waals surface area (Å²) < 4.78 is 25.1. The molecule has 33 heavy (non-hydrogen) atoms. The molecule has 9 heteroatoms. The zero-order valence-electron chi connectivity index (χ0n) is 18.5. The molecule has 1 heterocycles. The van der Waals surface area contributed by atoms with Crippen LogP contribution < -0.4 is 20.3 Å². The molecule has 0 atom stereocenters. The molecule has 0 aliphatic heterocycles. The van der Waals surface area contributed by atoms with Crippen LogP contribution in [0.1, 0.15) is 9.78 Å². The second kappa shape index (κ2) is 11.6. The number of benzene rings is 2. The third-order valence-electron chi connectivity index (χ3n) is 4.57. The summed E-state index contributed by atoms with van der Waals surface area (Å²) in [5, 5.41) is 5.61. The van der Waals surface area contributed by atoms with Crippen LogP contribution in [0.5, 0.6) is 5.75 Å². The van der Waals surface area contributed by atoms with E-state index in [9.17, 15) is 9.18 Å². The van der Waals surface area contributed by atoms with E-state index in [0.717, 1.165) is 17.6 Å². The van der Waals surface area contributed by atoms with Gasteiger partial charge in [0.05, 0.1) is 12.8 Å². The van der Waals surface area contributed by atoms with Gasteiger partial charge in [0.2, 0.25) is 11.9 Å². The van der Waals surface area contributed by atoms with E-state index in [1.807, 2.05) is 36.1 Å². The number of hydrogen-bond acceptors (Lipinski definition) is 7. The first-order chi connectivity index (χ1) is 16.0. The number of methoxy groups -OCH3 is 1. The van der Waals surface area contributed by atoms with Gasteiger partial charge in [-0.05, 0) is 55.5 Å². The fourth-order valence-corrected chi connectivity index (χ4v) is 2.98. The van der Waals surface area contributed by atoms with Gasteiger partial charge in [-0.15, -0.1) is 0 Å². The summed E-state index contributed by atoms with van der Waals surface area (Å²) >= 11 is 0. The van der Waals surface area contributed by atoms with Crippen LogP contribution in [-0.2, 0) is 9.53 Å². The van der Waals surface area contributed by atoms with Gasteiger partial charge in [-0.25, -0.2) is 9.37 Å². The molecule has 0 saturated heterocycles. The van der Waals surface area contributed by atoms with E-state index in [1.54, 1.807) is 31.4 Å². The van der Waals surface area contributed by atoms with Crippen LogP contribution in [0.3, 0.4) is 0 Å². The molecule has 1 amide bonds. The van der Waals surface area contributed by atoms with Gasteiger partial charge in [0.15, 0.2) is 11.6 Å². The fourth-order valence-electron chi connectivity index (χ4n) is 2.98. The third-order valence-corrected chi connectivity index (χ3v) is 4.57. The van der Waals surface area contributed by atoms with Crippen molar-refractivity contribution in [1.82, 2.24) is 9.97 Å². The van der Waals surface area contributed by atoms with Gasteiger partial charge in [0.25, 0.3) is 0 Å². The summed E-state index contributed by atoms with van der Waals surface area (Å²) in [5.41, 5.74) is 1.94. The van der Waals surface area contributed by atoms with Gasteiger partial charge >= 0.3 is 0 Å². The number of carbonyl (C=O) groups is 1. The summed E-state index contributed by atoms with van der Waals surface area (Å²) in [5.74, 6) is 0.141. The molecular weight excluding hydrogens is 425 g/mol. The summed E-state index contributed by atoms with van der Waals surface area (Å²) in [4.78, 5) is 21.9. The summed E-state index contributed by atoms with van der Waals surface area (Å²) in [6.07, 6.45) is 2.30. The minimum atomic E-state index is -0.600. The third kappa shape index (κ3) is 6.50. The van der Waals surface area contributed by atoms with Crippen molar-refractivity contribution in [3.63, 3.8) is 0 Å². The lowest BCUT2D eigenvalue weighted by Gasteiger charge is -2.22. The van der Waals surface area contributed by atoms with E-state index in [1.165, 1.54) is 6.08 Å². The maximum absolute atomic E-state index is 14.5. The lowest BCUT2D eigenvalue weighted by molar-refractivity contribution is -0.111. The number of ether oxygens (including phenoxy) is 2. The number of nitrogens with one attached hydrogen (secondary N) is 2. The van der Waals surface area contributed by atoms with Crippen LogP contribution in [-0.4, -0.2) is 42.7 Å². The molecule has 2 N–H and O–H groups in total. The molecule has 0 unspecified atom stereocenters. The monoisotopic (exact) mass is 455 g/mol. The van der Waals surface area contributed by atoms with Gasteiger partial charge in [-0.1, -0.05) is 12.6 Å². The molecule has 0 aliphatic carbocycles. The van der Waals surface area contributed by atoms with E-state index in [-0.39, 0.29) is 14.6 Å². The molecule has 3 aromatic rings. The zero-order valence-corrected chi connectivity index (χ0v) is 18.5. The number of hydrogen-bond donors (Lipinski definition) is 2. The van der Waals surface area contributed by atoms with Crippen molar-refractivity contribution in [2.75, 3.05) is 42.4 Å². The Morgan fingerprint density at radius 3 is 2.67 bits per heavy atom. The lowest BCUT2D eigenvalue weighted by Crippen LogP contribution is -2.19. The molecule has 2 aromatic carbocycles. The van der Waals surface area contributed by atoms with Crippen molar-refractivity contribution in [2.45, 2.75) is 6.92 Å². The molecule has 0 saturated carbocycles. The highest BCUT2D eigenvalue weighted by Crippen LogP contribution is 2.27. The second-order valence-corrected chi connectivity index (χ2v) is 6.85. The van der Waals surface area contributed by atoms with E-state index >= 15 is 0 Å². The average Bonchev–Trinajstić information content (AvgIpc) is 2.83. The first-order valence-corrected chi connectivity index (χ1v) is 10.4. The number of carbonyl (C=O) groups excluding carboxylic acids is 1. The van der Waals surface area contributed by atoms with Crippen molar-refractivity contribution >= 4 is 34.7 Å². The Balaban J connectivity index is 0.00000306. The minimum Gasteiger partial charge on any atom is -0.491 e. The average molecular weight is 456 g/mol. The maximum Gasteiger partial charge on any atom is 0.247 e. The smallest absolute Gasteiger partial charge is 0.247 e. The first kappa shape index (κ1) is 23.7. The van der Waals surface area contributed by atoms with E-state index in [0.29, 0.717) is 37.1 Å². The highest BCUT2D eigenvalue weighted by atomic mass is 19.1. The summed E-state index contributed by atoms with van der Waals surface area (Å²) in [6, 6.07) is 14.3. The first-order valence-electron chi connectivity index (χ1n) is 10.4. The zero-order chi connectivity index (χ0) is 23.6. The molecule has 0 radical (unpaired) electrons. The van der Waals surface area contributed by atoms with Crippen molar-refractivity contribution in [3.05, 3.63) is 73.2 Å². The van der Waals surface area contributed by atoms with Crippen molar-refractivity contribution < 1.29 is 21.5 Å². The SMILES string of the molecule is C=CC(=O)Nc1cccc(Nc2nc(N(CC)c3ccc(OCCOC)cc3)ncc2F)c1.[HH].[HH]. The van der Waals surface area contributed by atoms with Crippen LogP contribution in [0, 0.1) is 5.82 Å². The maximum atomic E-state index is 14.5. The second-order valence-electron chi connectivity index (χ2n) is 6.85. The number of halogens is 1. The van der Waals surface area contributed by atoms with E-state index in [4.69, 9.17) is 9.47 Å². The Morgan fingerprint density at radius 1 is 1.21 bits per heavy atom. The number of amides is 1. The van der Waals surface area contributed by atoms with E-state index in [2.05, 4.69) is 27.2 Å². The van der Waals surface area contributed by atoms with Gasteiger partial charge in [-0.2, -0.15) is 4.98 Å². The summed E-state index contributed by atoms with van der Waals surface area (Å²) in [6.45, 7) is 6.91. The van der Waals surface area contributed by atoms with Gasteiger partial charge < -0.3 is 25.0 Å². The Hall–Kier alpha value is -3.98. The van der Waals surface area contributed by atoms with Crippen LogP contribution in [0.15, 0.2) is 67.4 Å². The Morgan fingerprint density at radius 2 is 1.97 bits per heavy atom. The molecule has 0 spiro atoms. The predicted octanol–water partition coefficient (Wildman–Crippen LogP) is 5.16. The minimum absolute atomic E-state index is 0. The summed E-state index contributed by atoms with van der Waals surface area (Å²) in [7, 11) is 1.62. The number of nitrogens with zero attached hydrogens (tertiary/aromatic N) is 3. The highest BCUT2D eigenvalue weighted by molar-refractivity contribution is 5.99. The molecule has 176 valence electrons. The van der Waals surface area contributed by atoms with Gasteiger partial charge in [-0.3, -0.25) is 4.79 Å². The van der Waals surface area contributed by atoms with Crippen LogP contribution in [0.25, 0.3) is 0 Å². The predicted molar refractivity (Wildman–Crippen MR) is 131 cm³/mol. The van der Waals surface area contributed by atoms with Crippen molar-refractivity contribution in [3.8, 4) is 5.75 Å². The van der Waals surface area contributed by atoms with Crippen LogP contribution >= 0.6 is 0 Å².